The maximum atomic E-state index is 12.6. The summed E-state index contributed by atoms with van der Waals surface area (Å²) in [4.78, 5) is 24.0. The van der Waals surface area contributed by atoms with Crippen molar-refractivity contribution in [2.75, 3.05) is 5.32 Å². The van der Waals surface area contributed by atoms with Crippen LogP contribution in [0.1, 0.15) is 27.9 Å². The van der Waals surface area contributed by atoms with Crippen molar-refractivity contribution >= 4 is 51.6 Å². The van der Waals surface area contributed by atoms with Gasteiger partial charge in [-0.1, -0.05) is 11.6 Å². The first-order valence-electron chi connectivity index (χ1n) is 6.47. The smallest absolute Gasteiger partial charge is 0.224 e. The molecule has 0 aromatic heterocycles. The van der Waals surface area contributed by atoms with Gasteiger partial charge in [-0.3, -0.25) is 9.59 Å². The van der Waals surface area contributed by atoms with Gasteiger partial charge in [0.05, 0.1) is 0 Å². The second-order valence-electron chi connectivity index (χ2n) is 4.87. The molecule has 21 heavy (non-hydrogen) atoms. The number of hydrogen-bond donors (Lipinski definition) is 1. The molecule has 2 aromatic carbocycles. The Morgan fingerprint density at radius 2 is 1.95 bits per heavy atom. The third-order valence-corrected chi connectivity index (χ3v) is 4.61. The van der Waals surface area contributed by atoms with Gasteiger partial charge in [0.1, 0.15) is 0 Å². The van der Waals surface area contributed by atoms with E-state index >= 15 is 0 Å². The number of anilines is 1. The van der Waals surface area contributed by atoms with Gasteiger partial charge in [-0.15, -0.1) is 0 Å². The normalized spacial score (nSPS) is 13.5. The van der Waals surface area contributed by atoms with Gasteiger partial charge >= 0.3 is 0 Å². The fourth-order valence-corrected chi connectivity index (χ4v) is 3.10. The number of ketones is 1. The highest BCUT2D eigenvalue weighted by molar-refractivity contribution is 14.1. The van der Waals surface area contributed by atoms with Crippen LogP contribution < -0.4 is 5.32 Å². The van der Waals surface area contributed by atoms with Gasteiger partial charge in [0.2, 0.25) is 5.91 Å². The van der Waals surface area contributed by atoms with Crippen LogP contribution in [0.5, 0.6) is 0 Å². The standard InChI is InChI=1S/C16H11ClINO2/c17-11-3-4-13(18)12(8-11)16(21)10-1-5-14-9(7-10)2-6-15(20)19-14/h1,3-5,7-8H,2,6H2,(H,19,20). The third-order valence-electron chi connectivity index (χ3n) is 3.44. The van der Waals surface area contributed by atoms with Crippen LogP contribution in [0.25, 0.3) is 0 Å². The molecule has 106 valence electrons. The van der Waals surface area contributed by atoms with E-state index in [1.807, 2.05) is 12.1 Å². The quantitative estimate of drug-likeness (QED) is 0.598. The zero-order valence-electron chi connectivity index (χ0n) is 11.0. The van der Waals surface area contributed by atoms with E-state index in [0.29, 0.717) is 29.0 Å². The van der Waals surface area contributed by atoms with Crippen LogP contribution >= 0.6 is 34.2 Å². The Kier molecular flexibility index (Phi) is 3.99. The monoisotopic (exact) mass is 411 g/mol. The summed E-state index contributed by atoms with van der Waals surface area (Å²) in [5.74, 6) is -0.0347. The minimum Gasteiger partial charge on any atom is -0.326 e. The lowest BCUT2D eigenvalue weighted by Gasteiger charge is -2.17. The molecule has 3 rings (SSSR count). The Hall–Kier alpha value is -1.40. The SMILES string of the molecule is O=C1CCc2cc(C(=O)c3cc(Cl)ccc3I)ccc2N1. The molecule has 0 saturated heterocycles. The first-order chi connectivity index (χ1) is 10.0. The van der Waals surface area contributed by atoms with Crippen LogP contribution in [0.3, 0.4) is 0 Å². The summed E-state index contributed by atoms with van der Waals surface area (Å²) in [5.41, 5.74) is 3.01. The van der Waals surface area contributed by atoms with Gasteiger partial charge in [0.15, 0.2) is 5.78 Å². The molecule has 1 amide bonds. The first-order valence-corrected chi connectivity index (χ1v) is 7.93. The first kappa shape index (κ1) is 14.5. The van der Waals surface area contributed by atoms with Crippen molar-refractivity contribution in [2.24, 2.45) is 0 Å². The highest BCUT2D eigenvalue weighted by Crippen LogP contribution is 2.26. The van der Waals surface area contributed by atoms with Crippen molar-refractivity contribution in [1.82, 2.24) is 0 Å². The number of nitrogens with one attached hydrogen (secondary N) is 1. The fraction of sp³-hybridized carbons (Fsp3) is 0.125. The second kappa shape index (κ2) is 5.77. The lowest BCUT2D eigenvalue weighted by Crippen LogP contribution is -2.19. The summed E-state index contributed by atoms with van der Waals surface area (Å²) in [5, 5.41) is 3.36. The van der Waals surface area contributed by atoms with E-state index in [9.17, 15) is 9.59 Å². The summed E-state index contributed by atoms with van der Waals surface area (Å²) in [6, 6.07) is 10.7. The van der Waals surface area contributed by atoms with E-state index in [0.717, 1.165) is 14.8 Å². The molecule has 0 unspecified atom stereocenters. The summed E-state index contributed by atoms with van der Waals surface area (Å²) in [6.07, 6.45) is 1.12. The second-order valence-corrected chi connectivity index (χ2v) is 6.47. The van der Waals surface area contributed by atoms with Gasteiger partial charge in [-0.2, -0.15) is 0 Å². The zero-order chi connectivity index (χ0) is 15.0. The molecule has 5 heteroatoms. The Bertz CT molecular complexity index is 758. The number of carbonyl (C=O) groups is 2. The van der Waals surface area contributed by atoms with Crippen molar-refractivity contribution < 1.29 is 9.59 Å². The predicted octanol–water partition coefficient (Wildman–Crippen LogP) is 4.06. The molecule has 0 bridgehead atoms. The molecule has 1 aliphatic rings. The number of halogens is 2. The highest BCUT2D eigenvalue weighted by atomic mass is 127. The van der Waals surface area contributed by atoms with Crippen molar-refractivity contribution in [1.29, 1.82) is 0 Å². The number of fused-ring (bicyclic) bond motifs is 1. The molecule has 0 saturated carbocycles. The number of amides is 1. The van der Waals surface area contributed by atoms with E-state index in [-0.39, 0.29) is 11.7 Å². The van der Waals surface area contributed by atoms with Crippen LogP contribution in [0.4, 0.5) is 5.69 Å². The van der Waals surface area contributed by atoms with Gasteiger partial charge in [0.25, 0.3) is 0 Å². The maximum Gasteiger partial charge on any atom is 0.224 e. The van der Waals surface area contributed by atoms with Crippen LogP contribution in [0.2, 0.25) is 5.02 Å². The van der Waals surface area contributed by atoms with E-state index in [1.54, 1.807) is 24.3 Å². The Balaban J connectivity index is 1.99. The van der Waals surface area contributed by atoms with E-state index in [4.69, 9.17) is 11.6 Å². The molecule has 2 aromatic rings. The number of rotatable bonds is 2. The number of benzene rings is 2. The molecule has 1 heterocycles. The summed E-state index contributed by atoms with van der Waals surface area (Å²) in [7, 11) is 0. The Morgan fingerprint density at radius 3 is 2.76 bits per heavy atom. The average Bonchev–Trinajstić information content (AvgIpc) is 2.48. The maximum absolute atomic E-state index is 12.6. The van der Waals surface area contributed by atoms with E-state index in [2.05, 4.69) is 27.9 Å². The third kappa shape index (κ3) is 2.96. The van der Waals surface area contributed by atoms with Crippen molar-refractivity contribution in [3.63, 3.8) is 0 Å². The Labute approximate surface area is 140 Å². The Morgan fingerprint density at radius 1 is 1.14 bits per heavy atom. The minimum atomic E-state index is -0.0541. The lowest BCUT2D eigenvalue weighted by atomic mass is 9.96. The van der Waals surface area contributed by atoms with Gasteiger partial charge in [-0.05, 0) is 71.0 Å². The molecule has 0 aliphatic carbocycles. The number of carbonyl (C=O) groups excluding carboxylic acids is 2. The lowest BCUT2D eigenvalue weighted by molar-refractivity contribution is -0.116. The van der Waals surface area contributed by atoms with E-state index in [1.165, 1.54) is 0 Å². The van der Waals surface area contributed by atoms with Crippen molar-refractivity contribution in [2.45, 2.75) is 12.8 Å². The van der Waals surface area contributed by atoms with Gasteiger partial charge < -0.3 is 5.32 Å². The minimum absolute atomic E-state index is 0.0194. The summed E-state index contributed by atoms with van der Waals surface area (Å²) >= 11 is 8.11. The predicted molar refractivity (Wildman–Crippen MR) is 91.0 cm³/mol. The fourth-order valence-electron chi connectivity index (χ4n) is 2.35. The molecular formula is C16H11ClINO2. The topological polar surface area (TPSA) is 46.2 Å². The van der Waals surface area contributed by atoms with Crippen molar-refractivity contribution in [3.8, 4) is 0 Å². The summed E-state index contributed by atoms with van der Waals surface area (Å²) in [6.45, 7) is 0. The molecule has 3 nitrogen and oxygen atoms in total. The molecule has 0 fully saturated rings. The number of hydrogen-bond acceptors (Lipinski definition) is 2. The largest absolute Gasteiger partial charge is 0.326 e. The van der Waals surface area contributed by atoms with Crippen LogP contribution in [0.15, 0.2) is 36.4 Å². The highest BCUT2D eigenvalue weighted by Gasteiger charge is 2.18. The molecular weight excluding hydrogens is 401 g/mol. The summed E-state index contributed by atoms with van der Waals surface area (Å²) < 4.78 is 0.869. The van der Waals surface area contributed by atoms with Crippen LogP contribution in [-0.2, 0) is 11.2 Å². The number of aryl methyl sites for hydroxylation is 1. The average molecular weight is 412 g/mol. The molecule has 0 radical (unpaired) electrons. The van der Waals surface area contributed by atoms with Gasteiger partial charge in [0, 0.05) is 31.8 Å². The molecule has 0 spiro atoms. The van der Waals surface area contributed by atoms with Gasteiger partial charge in [-0.25, -0.2) is 0 Å². The molecule has 1 aliphatic heterocycles. The van der Waals surface area contributed by atoms with E-state index < -0.39 is 0 Å². The molecule has 0 atom stereocenters. The molecule has 1 N–H and O–H groups in total. The zero-order valence-corrected chi connectivity index (χ0v) is 13.9. The van der Waals surface area contributed by atoms with Crippen molar-refractivity contribution in [3.05, 3.63) is 61.7 Å². The van der Waals surface area contributed by atoms with Crippen LogP contribution in [-0.4, -0.2) is 11.7 Å². The van der Waals surface area contributed by atoms with Crippen LogP contribution in [0, 0.1) is 3.57 Å².